The van der Waals surface area contributed by atoms with Gasteiger partial charge >= 0.3 is 6.09 Å². The maximum absolute atomic E-state index is 15.1. The fourth-order valence-electron chi connectivity index (χ4n) is 4.74. The molecule has 4 rings (SSSR count). The Morgan fingerprint density at radius 1 is 1.16 bits per heavy atom. The average Bonchev–Trinajstić information content (AvgIpc) is 3.57. The molecule has 2 amide bonds. The lowest BCUT2D eigenvalue weighted by Gasteiger charge is -2.35. The van der Waals surface area contributed by atoms with Gasteiger partial charge in [-0.05, 0) is 57.6 Å². The molecule has 7 nitrogen and oxygen atoms in total. The van der Waals surface area contributed by atoms with Gasteiger partial charge in [0.2, 0.25) is 5.91 Å². The number of nitrogens with one attached hydrogen (secondary N) is 1. The van der Waals surface area contributed by atoms with Crippen LogP contribution in [0.15, 0.2) is 18.2 Å². The maximum atomic E-state index is 15.1. The first-order valence-corrected chi connectivity index (χ1v) is 11.4. The van der Waals surface area contributed by atoms with Crippen molar-refractivity contribution in [3.63, 3.8) is 0 Å². The monoisotopic (exact) mass is 433 g/mol. The molecule has 0 bridgehead atoms. The van der Waals surface area contributed by atoms with E-state index in [2.05, 4.69) is 10.2 Å². The summed E-state index contributed by atoms with van der Waals surface area (Å²) in [6.45, 7) is 4.41. The van der Waals surface area contributed by atoms with Gasteiger partial charge in [-0.1, -0.05) is 6.07 Å². The number of rotatable bonds is 5. The molecule has 31 heavy (non-hydrogen) atoms. The minimum absolute atomic E-state index is 0.0615. The van der Waals surface area contributed by atoms with Crippen molar-refractivity contribution in [2.75, 3.05) is 37.7 Å². The number of piperazine rings is 1. The number of nitrogens with zero attached hydrogens (tertiary/aromatic N) is 2. The maximum Gasteiger partial charge on any atom is 0.409 e. The number of carbonyl (C=O) groups is 2. The minimum atomic E-state index is -0.763. The number of aliphatic hydroxyl groups excluding tert-OH is 1. The number of halogens is 1. The molecular formula is C23H32FN3O4. The second kappa shape index (κ2) is 9.02. The molecule has 1 heterocycles. The Bertz CT molecular complexity index is 813. The lowest BCUT2D eigenvalue weighted by Crippen LogP contribution is -2.49. The zero-order valence-corrected chi connectivity index (χ0v) is 18.1. The molecule has 2 aliphatic carbocycles. The van der Waals surface area contributed by atoms with Crippen LogP contribution >= 0.6 is 0 Å². The van der Waals surface area contributed by atoms with E-state index in [-0.39, 0.29) is 30.0 Å². The lowest BCUT2D eigenvalue weighted by molar-refractivity contribution is -0.124. The number of hydrogen-bond acceptors (Lipinski definition) is 5. The van der Waals surface area contributed by atoms with Gasteiger partial charge in [0.1, 0.15) is 5.82 Å². The highest BCUT2D eigenvalue weighted by molar-refractivity contribution is 5.91. The third kappa shape index (κ3) is 4.63. The first-order chi connectivity index (χ1) is 14.9. The summed E-state index contributed by atoms with van der Waals surface area (Å²) < 4.78 is 20.2. The van der Waals surface area contributed by atoms with Gasteiger partial charge in [0.05, 0.1) is 18.1 Å². The average molecular weight is 434 g/mol. The summed E-state index contributed by atoms with van der Waals surface area (Å²) in [5, 5.41) is 12.8. The molecule has 2 N–H and O–H groups in total. The topological polar surface area (TPSA) is 82.1 Å². The number of ether oxygens (including phenoxy) is 1. The van der Waals surface area contributed by atoms with Crippen LogP contribution in [0.4, 0.5) is 14.9 Å². The SMILES string of the molecule is CCOC(=O)N1CCN(c2ccc(C3(C(=O)N[C@H]4CC[C@H](O)CC4)CC3)c(F)c2)CC1. The zero-order valence-electron chi connectivity index (χ0n) is 18.1. The Labute approximate surface area is 182 Å². The van der Waals surface area contributed by atoms with E-state index in [1.807, 2.05) is 6.07 Å². The lowest BCUT2D eigenvalue weighted by atomic mass is 9.90. The summed E-state index contributed by atoms with van der Waals surface area (Å²) in [6, 6.07) is 5.20. The molecule has 1 aromatic rings. The van der Waals surface area contributed by atoms with Crippen molar-refractivity contribution in [3.8, 4) is 0 Å². The van der Waals surface area contributed by atoms with E-state index < -0.39 is 5.41 Å². The van der Waals surface area contributed by atoms with Gasteiger partial charge in [0.15, 0.2) is 0 Å². The van der Waals surface area contributed by atoms with Gasteiger partial charge in [-0.2, -0.15) is 0 Å². The van der Waals surface area contributed by atoms with Gasteiger partial charge < -0.3 is 25.0 Å². The molecule has 3 aliphatic rings. The normalized spacial score (nSPS) is 25.1. The van der Waals surface area contributed by atoms with Crippen molar-refractivity contribution in [2.45, 2.75) is 63.0 Å². The predicted octanol–water partition coefficient (Wildman–Crippen LogP) is 2.56. The summed E-state index contributed by atoms with van der Waals surface area (Å²) in [6.07, 6.45) is 3.66. The van der Waals surface area contributed by atoms with Crippen LogP contribution in [-0.4, -0.2) is 66.9 Å². The largest absolute Gasteiger partial charge is 0.450 e. The zero-order chi connectivity index (χ0) is 22.0. The molecule has 0 aromatic heterocycles. The summed E-state index contributed by atoms with van der Waals surface area (Å²) in [4.78, 5) is 28.5. The van der Waals surface area contributed by atoms with Crippen LogP contribution in [0.1, 0.15) is 51.0 Å². The summed E-state index contributed by atoms with van der Waals surface area (Å²) in [5.41, 5.74) is 0.471. The Kier molecular flexibility index (Phi) is 6.36. The smallest absolute Gasteiger partial charge is 0.409 e. The predicted molar refractivity (Wildman–Crippen MR) is 115 cm³/mol. The van der Waals surface area contributed by atoms with Gasteiger partial charge in [0.25, 0.3) is 0 Å². The molecular weight excluding hydrogens is 401 g/mol. The molecule has 0 radical (unpaired) electrons. The van der Waals surface area contributed by atoms with Gasteiger partial charge in [-0.25, -0.2) is 9.18 Å². The van der Waals surface area contributed by atoms with E-state index in [9.17, 15) is 14.7 Å². The van der Waals surface area contributed by atoms with Crippen LogP contribution < -0.4 is 10.2 Å². The molecule has 8 heteroatoms. The number of hydrogen-bond donors (Lipinski definition) is 2. The third-order valence-electron chi connectivity index (χ3n) is 6.86. The molecule has 3 fully saturated rings. The van der Waals surface area contributed by atoms with E-state index in [1.54, 1.807) is 17.9 Å². The first-order valence-electron chi connectivity index (χ1n) is 11.4. The van der Waals surface area contributed by atoms with E-state index in [4.69, 9.17) is 4.74 Å². The Hall–Kier alpha value is -2.35. The second-order valence-corrected chi connectivity index (χ2v) is 8.90. The number of benzene rings is 1. The molecule has 0 atom stereocenters. The fourth-order valence-corrected chi connectivity index (χ4v) is 4.74. The summed E-state index contributed by atoms with van der Waals surface area (Å²) in [7, 11) is 0. The summed E-state index contributed by atoms with van der Waals surface area (Å²) >= 11 is 0. The molecule has 0 spiro atoms. The number of aliphatic hydroxyl groups is 1. The highest BCUT2D eigenvalue weighted by atomic mass is 19.1. The first kappa shape index (κ1) is 21.9. The van der Waals surface area contributed by atoms with Gasteiger partial charge in [-0.15, -0.1) is 0 Å². The van der Waals surface area contributed by atoms with Crippen molar-refractivity contribution in [3.05, 3.63) is 29.6 Å². The van der Waals surface area contributed by atoms with Gasteiger partial charge in [-0.3, -0.25) is 4.79 Å². The van der Waals surface area contributed by atoms with E-state index in [1.165, 1.54) is 6.07 Å². The van der Waals surface area contributed by atoms with Crippen LogP contribution in [0, 0.1) is 5.82 Å². The molecule has 2 saturated carbocycles. The van der Waals surface area contributed by atoms with E-state index >= 15 is 4.39 Å². The Balaban J connectivity index is 1.38. The highest BCUT2D eigenvalue weighted by Gasteiger charge is 2.53. The molecule has 1 saturated heterocycles. The van der Waals surface area contributed by atoms with Crippen LogP contribution in [0.3, 0.4) is 0 Å². The highest BCUT2D eigenvalue weighted by Crippen LogP contribution is 2.50. The minimum Gasteiger partial charge on any atom is -0.450 e. The fraction of sp³-hybridized carbons (Fsp3) is 0.652. The van der Waals surface area contributed by atoms with Crippen molar-refractivity contribution in [1.82, 2.24) is 10.2 Å². The van der Waals surface area contributed by atoms with Crippen LogP contribution in [-0.2, 0) is 14.9 Å². The molecule has 170 valence electrons. The molecule has 1 aliphatic heterocycles. The molecule has 0 unspecified atom stereocenters. The summed E-state index contributed by atoms with van der Waals surface area (Å²) in [5.74, 6) is -0.444. The Morgan fingerprint density at radius 2 is 1.84 bits per heavy atom. The van der Waals surface area contributed by atoms with Crippen molar-refractivity contribution < 1.29 is 23.8 Å². The van der Waals surface area contributed by atoms with Crippen LogP contribution in [0.25, 0.3) is 0 Å². The van der Waals surface area contributed by atoms with Crippen LogP contribution in [0.5, 0.6) is 0 Å². The quantitative estimate of drug-likeness (QED) is 0.746. The van der Waals surface area contributed by atoms with Crippen molar-refractivity contribution in [1.29, 1.82) is 0 Å². The third-order valence-corrected chi connectivity index (χ3v) is 6.86. The van der Waals surface area contributed by atoms with E-state index in [0.29, 0.717) is 64.0 Å². The number of anilines is 1. The van der Waals surface area contributed by atoms with Crippen molar-refractivity contribution >= 4 is 17.7 Å². The Morgan fingerprint density at radius 3 is 2.42 bits per heavy atom. The van der Waals surface area contributed by atoms with E-state index in [0.717, 1.165) is 18.5 Å². The van der Waals surface area contributed by atoms with Crippen molar-refractivity contribution in [2.24, 2.45) is 0 Å². The van der Waals surface area contributed by atoms with Crippen LogP contribution in [0.2, 0.25) is 0 Å². The number of carbonyl (C=O) groups excluding carboxylic acids is 2. The standard InChI is InChI=1S/C23H32FN3O4/c1-2-31-22(30)27-13-11-26(12-14-27)17-5-8-19(20(24)15-17)23(9-10-23)21(29)25-16-3-6-18(28)7-4-16/h5,8,15-16,18,28H,2-4,6-7,9-14H2,1H3,(H,25,29)/t16-,18-. The molecule has 1 aromatic carbocycles. The second-order valence-electron chi connectivity index (χ2n) is 8.90. The number of amides is 2. The van der Waals surface area contributed by atoms with Gasteiger partial charge in [0, 0.05) is 43.5 Å².